The third kappa shape index (κ3) is 4.70. The van der Waals surface area contributed by atoms with Crippen molar-refractivity contribution in [1.82, 2.24) is 0 Å². The van der Waals surface area contributed by atoms with E-state index in [0.29, 0.717) is 10.7 Å². The van der Waals surface area contributed by atoms with E-state index in [2.05, 4.69) is 5.32 Å². The summed E-state index contributed by atoms with van der Waals surface area (Å²) in [6, 6.07) is 11.4. The number of rotatable bonds is 5. The van der Waals surface area contributed by atoms with Gasteiger partial charge in [-0.1, -0.05) is 47.0 Å². The van der Waals surface area contributed by atoms with Crippen molar-refractivity contribution in [3.8, 4) is 0 Å². The number of anilines is 1. The molecule has 0 atom stereocenters. The zero-order valence-corrected chi connectivity index (χ0v) is 14.7. The molecule has 1 N–H and O–H groups in total. The second-order valence-corrected chi connectivity index (χ2v) is 7.93. The van der Waals surface area contributed by atoms with Crippen LogP contribution in [0.1, 0.15) is 12.0 Å². The van der Waals surface area contributed by atoms with Gasteiger partial charge in [0.1, 0.15) is 0 Å². The topological polar surface area (TPSA) is 63.2 Å². The van der Waals surface area contributed by atoms with Crippen LogP contribution in [-0.4, -0.2) is 20.1 Å². The van der Waals surface area contributed by atoms with Crippen LogP contribution in [-0.2, 0) is 14.6 Å². The second-order valence-electron chi connectivity index (χ2n) is 5.03. The molecule has 23 heavy (non-hydrogen) atoms. The Hall–Kier alpha value is -1.56. The number of carbonyl (C=O) groups is 1. The number of carbonyl (C=O) groups excluding carboxylic acids is 1. The summed E-state index contributed by atoms with van der Waals surface area (Å²) >= 11 is 11.8. The van der Waals surface area contributed by atoms with Gasteiger partial charge in [-0.05, 0) is 31.2 Å². The zero-order chi connectivity index (χ0) is 17.0. The van der Waals surface area contributed by atoms with Gasteiger partial charge in [-0.2, -0.15) is 0 Å². The fraction of sp³-hybridized carbons (Fsp3) is 0.188. The van der Waals surface area contributed by atoms with E-state index >= 15 is 0 Å². The smallest absolute Gasteiger partial charge is 0.225 e. The van der Waals surface area contributed by atoms with E-state index in [0.717, 1.165) is 5.56 Å². The molecule has 2 rings (SSSR count). The van der Waals surface area contributed by atoms with Gasteiger partial charge in [0.15, 0.2) is 9.84 Å². The molecule has 2 aromatic carbocycles. The quantitative estimate of drug-likeness (QED) is 0.859. The second kappa shape index (κ2) is 7.34. The number of nitrogens with one attached hydrogen (secondary N) is 1. The summed E-state index contributed by atoms with van der Waals surface area (Å²) in [4.78, 5) is 12.1. The summed E-state index contributed by atoms with van der Waals surface area (Å²) in [5.41, 5.74) is 1.33. The third-order valence-corrected chi connectivity index (χ3v) is 5.75. The van der Waals surface area contributed by atoms with Gasteiger partial charge in [0.2, 0.25) is 5.91 Å². The van der Waals surface area contributed by atoms with E-state index in [-0.39, 0.29) is 22.1 Å². The molecule has 2 aromatic rings. The van der Waals surface area contributed by atoms with Crippen LogP contribution >= 0.6 is 23.2 Å². The van der Waals surface area contributed by atoms with Crippen molar-refractivity contribution >= 4 is 44.6 Å². The Morgan fingerprint density at radius 1 is 1.09 bits per heavy atom. The molecule has 0 fully saturated rings. The molecule has 4 nitrogen and oxygen atoms in total. The molecule has 0 heterocycles. The molecule has 0 unspecified atom stereocenters. The third-order valence-electron chi connectivity index (χ3n) is 3.20. The lowest BCUT2D eigenvalue weighted by molar-refractivity contribution is -0.115. The number of benzene rings is 2. The first kappa shape index (κ1) is 17.8. The molecule has 122 valence electrons. The highest BCUT2D eigenvalue weighted by Gasteiger charge is 2.17. The highest BCUT2D eigenvalue weighted by Crippen LogP contribution is 2.29. The Kier molecular flexibility index (Phi) is 5.68. The molecule has 1 amide bonds. The van der Waals surface area contributed by atoms with Crippen LogP contribution < -0.4 is 5.32 Å². The Balaban J connectivity index is 2.01. The van der Waals surface area contributed by atoms with Gasteiger partial charge in [0, 0.05) is 6.42 Å². The van der Waals surface area contributed by atoms with Crippen LogP contribution in [0.4, 0.5) is 5.69 Å². The van der Waals surface area contributed by atoms with Crippen molar-refractivity contribution in [3.63, 3.8) is 0 Å². The molecule has 0 aliphatic heterocycles. The number of halogens is 2. The normalized spacial score (nSPS) is 11.3. The molecule has 0 radical (unpaired) electrons. The fourth-order valence-electron chi connectivity index (χ4n) is 1.90. The molecular formula is C16H15Cl2NO3S. The van der Waals surface area contributed by atoms with Gasteiger partial charge in [0.05, 0.1) is 26.4 Å². The molecule has 7 heteroatoms. The lowest BCUT2D eigenvalue weighted by Crippen LogP contribution is -2.17. The van der Waals surface area contributed by atoms with E-state index < -0.39 is 15.7 Å². The van der Waals surface area contributed by atoms with Gasteiger partial charge in [-0.25, -0.2) is 8.42 Å². The van der Waals surface area contributed by atoms with Crippen LogP contribution in [0, 0.1) is 6.92 Å². The molecule has 0 saturated heterocycles. The molecule has 0 spiro atoms. The maximum absolute atomic E-state index is 12.2. The summed E-state index contributed by atoms with van der Waals surface area (Å²) in [5.74, 6) is -0.718. The standard InChI is InChI=1S/C16H15Cl2NO3S/c1-11-5-7-12(8-6-11)23(21,22)10-9-15(20)19-14-4-2-3-13(17)16(14)18/h2-8H,9-10H2,1H3,(H,19,20). The van der Waals surface area contributed by atoms with Crippen LogP contribution in [0.2, 0.25) is 10.0 Å². The van der Waals surface area contributed by atoms with Crippen molar-refractivity contribution < 1.29 is 13.2 Å². The molecule has 0 bridgehead atoms. The lowest BCUT2D eigenvalue weighted by atomic mass is 10.2. The Bertz CT molecular complexity index is 818. The van der Waals surface area contributed by atoms with Crippen molar-refractivity contribution in [3.05, 3.63) is 58.1 Å². The van der Waals surface area contributed by atoms with E-state index in [1.807, 2.05) is 6.92 Å². The minimum atomic E-state index is -3.50. The van der Waals surface area contributed by atoms with Crippen molar-refractivity contribution in [2.45, 2.75) is 18.2 Å². The van der Waals surface area contributed by atoms with E-state index in [1.54, 1.807) is 30.3 Å². The van der Waals surface area contributed by atoms with Gasteiger partial charge in [-0.15, -0.1) is 0 Å². The number of amides is 1. The number of hydrogen-bond donors (Lipinski definition) is 1. The van der Waals surface area contributed by atoms with Crippen LogP contribution in [0.3, 0.4) is 0 Å². The van der Waals surface area contributed by atoms with E-state index in [1.165, 1.54) is 12.1 Å². The number of sulfone groups is 1. The summed E-state index contributed by atoms with van der Waals surface area (Å²) in [5, 5.41) is 3.11. The van der Waals surface area contributed by atoms with E-state index in [9.17, 15) is 13.2 Å². The SMILES string of the molecule is Cc1ccc(S(=O)(=O)CCC(=O)Nc2cccc(Cl)c2Cl)cc1. The zero-order valence-electron chi connectivity index (χ0n) is 12.3. The van der Waals surface area contributed by atoms with E-state index in [4.69, 9.17) is 23.2 Å². The first-order chi connectivity index (χ1) is 10.8. The van der Waals surface area contributed by atoms with Gasteiger partial charge in [-0.3, -0.25) is 4.79 Å². The number of hydrogen-bond acceptors (Lipinski definition) is 3. The van der Waals surface area contributed by atoms with Crippen LogP contribution in [0.25, 0.3) is 0 Å². The van der Waals surface area contributed by atoms with Crippen LogP contribution in [0.15, 0.2) is 47.4 Å². The maximum Gasteiger partial charge on any atom is 0.225 e. The lowest BCUT2D eigenvalue weighted by Gasteiger charge is -2.09. The van der Waals surface area contributed by atoms with Crippen molar-refractivity contribution in [2.24, 2.45) is 0 Å². The molecular weight excluding hydrogens is 357 g/mol. The number of aryl methyl sites for hydroxylation is 1. The Labute approximate surface area is 145 Å². The first-order valence-electron chi connectivity index (χ1n) is 6.83. The Morgan fingerprint density at radius 2 is 1.74 bits per heavy atom. The minimum Gasteiger partial charge on any atom is -0.325 e. The van der Waals surface area contributed by atoms with Gasteiger partial charge < -0.3 is 5.32 Å². The van der Waals surface area contributed by atoms with Gasteiger partial charge in [0.25, 0.3) is 0 Å². The predicted molar refractivity (Wildman–Crippen MR) is 92.9 cm³/mol. The highest BCUT2D eigenvalue weighted by molar-refractivity contribution is 7.91. The summed E-state index contributed by atoms with van der Waals surface area (Å²) < 4.78 is 24.4. The summed E-state index contributed by atoms with van der Waals surface area (Å²) in [6.07, 6.45) is -0.168. The fourth-order valence-corrected chi connectivity index (χ4v) is 3.49. The summed E-state index contributed by atoms with van der Waals surface area (Å²) in [6.45, 7) is 1.87. The average Bonchev–Trinajstić information content (AvgIpc) is 2.50. The van der Waals surface area contributed by atoms with Crippen molar-refractivity contribution in [1.29, 1.82) is 0 Å². The molecule has 0 aliphatic carbocycles. The maximum atomic E-state index is 12.2. The largest absolute Gasteiger partial charge is 0.325 e. The molecule has 0 saturated carbocycles. The first-order valence-corrected chi connectivity index (χ1v) is 9.24. The summed E-state index contributed by atoms with van der Waals surface area (Å²) in [7, 11) is -3.50. The van der Waals surface area contributed by atoms with Crippen molar-refractivity contribution in [2.75, 3.05) is 11.1 Å². The highest BCUT2D eigenvalue weighted by atomic mass is 35.5. The Morgan fingerprint density at radius 3 is 2.39 bits per heavy atom. The minimum absolute atomic E-state index is 0.168. The average molecular weight is 372 g/mol. The monoisotopic (exact) mass is 371 g/mol. The molecule has 0 aromatic heterocycles. The van der Waals surface area contributed by atoms with Gasteiger partial charge >= 0.3 is 0 Å². The van der Waals surface area contributed by atoms with Crippen LogP contribution in [0.5, 0.6) is 0 Å². The molecule has 0 aliphatic rings. The predicted octanol–water partition coefficient (Wildman–Crippen LogP) is 4.10.